The molecule has 4 heteroatoms. The monoisotopic (exact) mass is 232 g/mol. The molecule has 1 heterocycles. The first-order valence-corrected chi connectivity index (χ1v) is 5.65. The fourth-order valence-electron chi connectivity index (χ4n) is 1.55. The number of anilines is 1. The molecule has 1 fully saturated rings. The van der Waals surface area contributed by atoms with Gasteiger partial charge in [-0.25, -0.2) is 4.79 Å². The number of hydrogen-bond acceptors (Lipinski definition) is 3. The molecule has 1 aliphatic heterocycles. The van der Waals surface area contributed by atoms with Crippen LogP contribution in [0.2, 0.25) is 0 Å². The van der Waals surface area contributed by atoms with Crippen LogP contribution in [0.4, 0.5) is 10.5 Å². The maximum Gasteiger partial charge on any atom is 0.411 e. The van der Waals surface area contributed by atoms with Crippen LogP contribution in [0.1, 0.15) is 0 Å². The third kappa shape index (κ3) is 3.60. The highest BCUT2D eigenvalue weighted by Crippen LogP contribution is 2.12. The second kappa shape index (κ2) is 5.50. The van der Waals surface area contributed by atoms with Crippen molar-refractivity contribution >= 4 is 11.8 Å². The van der Waals surface area contributed by atoms with Crippen LogP contribution in [0.3, 0.4) is 0 Å². The highest BCUT2D eigenvalue weighted by atomic mass is 16.5. The zero-order chi connectivity index (χ0) is 12.1. The molecule has 0 bridgehead atoms. The van der Waals surface area contributed by atoms with Gasteiger partial charge in [-0.1, -0.05) is 24.3 Å². The van der Waals surface area contributed by atoms with Gasteiger partial charge in [-0.15, -0.1) is 6.58 Å². The summed E-state index contributed by atoms with van der Waals surface area (Å²) in [6.07, 6.45) is 1.38. The molecule has 0 saturated carbocycles. The molecule has 1 atom stereocenters. The van der Waals surface area contributed by atoms with E-state index in [4.69, 9.17) is 4.74 Å². The summed E-state index contributed by atoms with van der Waals surface area (Å²) in [4.78, 5) is 13.7. The van der Waals surface area contributed by atoms with Crippen LogP contribution in [0.15, 0.2) is 43.0 Å². The third-order valence-electron chi connectivity index (χ3n) is 2.63. The smallest absolute Gasteiger partial charge is 0.411 e. The second-order valence-corrected chi connectivity index (χ2v) is 3.93. The van der Waals surface area contributed by atoms with Crippen LogP contribution in [-0.2, 0) is 4.74 Å². The molecule has 1 aliphatic rings. The van der Waals surface area contributed by atoms with Gasteiger partial charge < -0.3 is 4.74 Å². The first-order chi connectivity index (χ1) is 8.29. The van der Waals surface area contributed by atoms with Crippen LogP contribution in [0.5, 0.6) is 0 Å². The van der Waals surface area contributed by atoms with E-state index in [1.165, 1.54) is 0 Å². The van der Waals surface area contributed by atoms with Crippen molar-refractivity contribution in [1.29, 1.82) is 0 Å². The SMILES string of the molecule is C=CC(COC(=O)Nc1ccccc1)N1CC1. The number of para-hydroxylation sites is 1. The van der Waals surface area contributed by atoms with Crippen molar-refractivity contribution < 1.29 is 9.53 Å². The van der Waals surface area contributed by atoms with E-state index in [0.29, 0.717) is 6.61 Å². The Hall–Kier alpha value is -1.81. The molecule has 1 unspecified atom stereocenters. The van der Waals surface area contributed by atoms with Gasteiger partial charge in [0.05, 0.1) is 6.04 Å². The molecule has 2 rings (SSSR count). The van der Waals surface area contributed by atoms with Gasteiger partial charge in [0, 0.05) is 18.8 Å². The Kier molecular flexibility index (Phi) is 3.77. The normalized spacial score (nSPS) is 16.0. The van der Waals surface area contributed by atoms with Gasteiger partial charge in [0.15, 0.2) is 0 Å². The molecule has 4 nitrogen and oxygen atoms in total. The number of rotatable bonds is 5. The van der Waals surface area contributed by atoms with E-state index in [1.807, 2.05) is 36.4 Å². The minimum Gasteiger partial charge on any atom is -0.447 e. The fraction of sp³-hybridized carbons (Fsp3) is 0.308. The minimum absolute atomic E-state index is 0.136. The first kappa shape index (κ1) is 11.7. The summed E-state index contributed by atoms with van der Waals surface area (Å²) in [7, 11) is 0. The molecule has 1 aromatic rings. The lowest BCUT2D eigenvalue weighted by atomic mass is 10.3. The Balaban J connectivity index is 1.75. The Bertz CT molecular complexity index is 388. The van der Waals surface area contributed by atoms with E-state index in [-0.39, 0.29) is 6.04 Å². The van der Waals surface area contributed by atoms with Crippen LogP contribution in [-0.4, -0.2) is 36.7 Å². The van der Waals surface area contributed by atoms with Crippen molar-refractivity contribution in [2.24, 2.45) is 0 Å². The minimum atomic E-state index is -0.426. The number of benzene rings is 1. The van der Waals surface area contributed by atoms with Crippen LogP contribution in [0.25, 0.3) is 0 Å². The van der Waals surface area contributed by atoms with Crippen molar-refractivity contribution in [3.63, 3.8) is 0 Å². The number of carbonyl (C=O) groups excluding carboxylic acids is 1. The van der Waals surface area contributed by atoms with E-state index < -0.39 is 6.09 Å². The van der Waals surface area contributed by atoms with Gasteiger partial charge >= 0.3 is 6.09 Å². The Labute approximate surface area is 101 Å². The summed E-state index contributed by atoms with van der Waals surface area (Å²) in [6, 6.07) is 9.38. The molecule has 1 saturated heterocycles. The molecule has 0 spiro atoms. The van der Waals surface area contributed by atoms with E-state index in [2.05, 4.69) is 16.8 Å². The van der Waals surface area contributed by atoms with Crippen molar-refractivity contribution in [1.82, 2.24) is 4.90 Å². The lowest BCUT2D eigenvalue weighted by Gasteiger charge is -2.14. The molecule has 1 amide bonds. The van der Waals surface area contributed by atoms with Gasteiger partial charge in [-0.2, -0.15) is 0 Å². The summed E-state index contributed by atoms with van der Waals surface area (Å²) >= 11 is 0. The first-order valence-electron chi connectivity index (χ1n) is 5.65. The summed E-state index contributed by atoms with van der Waals surface area (Å²) in [6.45, 7) is 6.19. The molecule has 0 radical (unpaired) electrons. The number of amides is 1. The van der Waals surface area contributed by atoms with Gasteiger partial charge in [0.2, 0.25) is 0 Å². The lowest BCUT2D eigenvalue weighted by Crippen LogP contribution is -2.26. The summed E-state index contributed by atoms with van der Waals surface area (Å²) < 4.78 is 5.14. The number of carbonyl (C=O) groups is 1. The van der Waals surface area contributed by atoms with Gasteiger partial charge in [0.1, 0.15) is 6.61 Å². The van der Waals surface area contributed by atoms with E-state index in [1.54, 1.807) is 0 Å². The Morgan fingerprint density at radius 2 is 2.18 bits per heavy atom. The number of hydrogen-bond donors (Lipinski definition) is 1. The van der Waals surface area contributed by atoms with Crippen molar-refractivity contribution in [2.75, 3.05) is 25.0 Å². The molecule has 17 heavy (non-hydrogen) atoms. The second-order valence-electron chi connectivity index (χ2n) is 3.93. The molecule has 0 aromatic heterocycles. The standard InChI is InChI=1S/C13H16N2O2/c1-2-12(15-8-9-15)10-17-13(16)14-11-6-4-3-5-7-11/h2-7,12H,1,8-10H2,(H,14,16). The van der Waals surface area contributed by atoms with Gasteiger partial charge in [-0.05, 0) is 12.1 Å². The Morgan fingerprint density at radius 3 is 2.76 bits per heavy atom. The molecule has 1 N–H and O–H groups in total. The molecule has 1 aromatic carbocycles. The van der Waals surface area contributed by atoms with Crippen LogP contribution in [0, 0.1) is 0 Å². The van der Waals surface area contributed by atoms with E-state index >= 15 is 0 Å². The molecular weight excluding hydrogens is 216 g/mol. The summed E-state index contributed by atoms with van der Waals surface area (Å²) in [5.41, 5.74) is 0.736. The topological polar surface area (TPSA) is 41.3 Å². The highest BCUT2D eigenvalue weighted by Gasteiger charge is 2.26. The molecule has 0 aliphatic carbocycles. The quantitative estimate of drug-likeness (QED) is 0.624. The molecule has 90 valence electrons. The number of nitrogens with one attached hydrogen (secondary N) is 1. The van der Waals surface area contributed by atoms with Crippen molar-refractivity contribution in [3.8, 4) is 0 Å². The van der Waals surface area contributed by atoms with E-state index in [9.17, 15) is 4.79 Å². The highest BCUT2D eigenvalue weighted by molar-refractivity contribution is 5.84. The zero-order valence-electron chi connectivity index (χ0n) is 9.63. The predicted molar refractivity (Wildman–Crippen MR) is 67.0 cm³/mol. The van der Waals surface area contributed by atoms with Gasteiger partial charge in [0.25, 0.3) is 0 Å². The lowest BCUT2D eigenvalue weighted by molar-refractivity contribution is 0.146. The maximum absolute atomic E-state index is 11.5. The maximum atomic E-state index is 11.5. The Morgan fingerprint density at radius 1 is 1.47 bits per heavy atom. The summed E-state index contributed by atoms with van der Waals surface area (Å²) in [5, 5.41) is 2.67. The molecular formula is C13H16N2O2. The average Bonchev–Trinajstić information content (AvgIpc) is 3.16. The summed E-state index contributed by atoms with van der Waals surface area (Å²) in [5.74, 6) is 0. The largest absolute Gasteiger partial charge is 0.447 e. The predicted octanol–water partition coefficient (Wildman–Crippen LogP) is 2.11. The van der Waals surface area contributed by atoms with Crippen LogP contribution >= 0.6 is 0 Å². The van der Waals surface area contributed by atoms with Crippen molar-refractivity contribution in [2.45, 2.75) is 6.04 Å². The average molecular weight is 232 g/mol. The number of nitrogens with zero attached hydrogens (tertiary/aromatic N) is 1. The van der Waals surface area contributed by atoms with E-state index in [0.717, 1.165) is 18.8 Å². The third-order valence-corrected chi connectivity index (χ3v) is 2.63. The fourth-order valence-corrected chi connectivity index (χ4v) is 1.55. The van der Waals surface area contributed by atoms with Gasteiger partial charge in [-0.3, -0.25) is 10.2 Å². The number of ether oxygens (including phenoxy) is 1. The zero-order valence-corrected chi connectivity index (χ0v) is 9.63. The van der Waals surface area contributed by atoms with Crippen molar-refractivity contribution in [3.05, 3.63) is 43.0 Å². The van der Waals surface area contributed by atoms with Crippen LogP contribution < -0.4 is 5.32 Å².